The van der Waals surface area contributed by atoms with Crippen LogP contribution in [-0.2, 0) is 4.74 Å². The fraction of sp³-hybridized carbons (Fsp3) is 0.250. The van der Waals surface area contributed by atoms with Gasteiger partial charge in [-0.2, -0.15) is 5.26 Å². The summed E-state index contributed by atoms with van der Waals surface area (Å²) in [6.45, 7) is 5.72. The van der Waals surface area contributed by atoms with Gasteiger partial charge in [0.1, 0.15) is 5.76 Å². The first kappa shape index (κ1) is 14.7. The van der Waals surface area contributed by atoms with Crippen molar-refractivity contribution in [3.8, 4) is 6.07 Å². The number of Topliss-reactive ketones (excluding diaryl/α,β-unsaturated/α-hetero) is 1. The molecule has 0 aliphatic carbocycles. The molecule has 0 saturated carbocycles. The molecule has 1 aromatic rings. The molecule has 0 spiro atoms. The molecule has 0 radical (unpaired) electrons. The smallest absolute Gasteiger partial charge is 0.200 e. The Labute approximate surface area is 113 Å². The third kappa shape index (κ3) is 4.11. The van der Waals surface area contributed by atoms with Crippen molar-refractivity contribution in [2.75, 3.05) is 6.61 Å². The minimum absolute atomic E-state index is 0.00322. The number of hydrogen-bond acceptors (Lipinski definition) is 3. The van der Waals surface area contributed by atoms with Crippen molar-refractivity contribution in [1.29, 1.82) is 5.26 Å². The fourth-order valence-corrected chi connectivity index (χ4v) is 1.52. The van der Waals surface area contributed by atoms with E-state index < -0.39 is 0 Å². The molecule has 1 aromatic carbocycles. The van der Waals surface area contributed by atoms with E-state index in [0.29, 0.717) is 16.9 Å². The van der Waals surface area contributed by atoms with Gasteiger partial charge in [0.25, 0.3) is 0 Å². The molecule has 0 aliphatic heterocycles. The Bertz CT molecular complexity index is 545. The zero-order chi connectivity index (χ0) is 14.3. The highest BCUT2D eigenvalue weighted by Crippen LogP contribution is 2.12. The predicted octanol–water partition coefficient (Wildman–Crippen LogP) is 3.63. The second-order valence-corrected chi connectivity index (χ2v) is 4.03. The lowest BCUT2D eigenvalue weighted by Crippen LogP contribution is -2.09. The first-order chi connectivity index (χ1) is 9.12. The predicted molar refractivity (Wildman–Crippen MR) is 74.6 cm³/mol. The largest absolute Gasteiger partial charge is 0.486 e. The van der Waals surface area contributed by atoms with Gasteiger partial charge in [0, 0.05) is 5.56 Å². The molecule has 0 amide bonds. The van der Waals surface area contributed by atoms with Gasteiger partial charge in [-0.3, -0.25) is 4.79 Å². The van der Waals surface area contributed by atoms with E-state index in [4.69, 9.17) is 10.00 Å². The molecule has 0 heterocycles. The molecule has 0 bridgehead atoms. The molecule has 3 heteroatoms. The Morgan fingerprint density at radius 3 is 2.37 bits per heavy atom. The highest BCUT2D eigenvalue weighted by atomic mass is 16.5. The second-order valence-electron chi connectivity index (χ2n) is 4.03. The van der Waals surface area contributed by atoms with E-state index in [1.54, 1.807) is 24.3 Å². The molecule has 0 saturated heterocycles. The number of nitriles is 1. The maximum absolute atomic E-state index is 11.9. The van der Waals surface area contributed by atoms with Crippen molar-refractivity contribution in [3.05, 3.63) is 58.9 Å². The normalized spacial score (nSPS) is 11.9. The summed E-state index contributed by atoms with van der Waals surface area (Å²) in [6, 6.07) is 8.55. The van der Waals surface area contributed by atoms with Gasteiger partial charge in [0.05, 0.1) is 11.6 Å². The monoisotopic (exact) mass is 255 g/mol. The van der Waals surface area contributed by atoms with E-state index in [2.05, 4.69) is 0 Å². The summed E-state index contributed by atoms with van der Waals surface area (Å²) >= 11 is 0. The van der Waals surface area contributed by atoms with E-state index >= 15 is 0 Å². The van der Waals surface area contributed by atoms with Crippen molar-refractivity contribution in [2.24, 2.45) is 0 Å². The van der Waals surface area contributed by atoms with Crippen LogP contribution < -0.4 is 0 Å². The Morgan fingerprint density at radius 1 is 1.26 bits per heavy atom. The lowest BCUT2D eigenvalue weighted by atomic mass is 10.1. The number of carbonyl (C=O) groups is 1. The molecule has 0 atom stereocenters. The minimum Gasteiger partial charge on any atom is -0.486 e. The lowest BCUT2D eigenvalue weighted by molar-refractivity contribution is 0.0867. The number of carbonyl (C=O) groups excluding carboxylic acids is 1. The van der Waals surface area contributed by atoms with Crippen LogP contribution in [0.15, 0.2) is 47.7 Å². The third-order valence-electron chi connectivity index (χ3n) is 2.78. The zero-order valence-corrected chi connectivity index (χ0v) is 11.4. The van der Waals surface area contributed by atoms with Gasteiger partial charge < -0.3 is 4.74 Å². The molecule has 0 unspecified atom stereocenters. The van der Waals surface area contributed by atoms with Gasteiger partial charge >= 0.3 is 0 Å². The summed E-state index contributed by atoms with van der Waals surface area (Å²) in [4.78, 5) is 11.9. The van der Waals surface area contributed by atoms with E-state index in [9.17, 15) is 4.79 Å². The number of nitrogens with zero attached hydrogens (tertiary/aromatic N) is 1. The van der Waals surface area contributed by atoms with Crippen molar-refractivity contribution < 1.29 is 9.53 Å². The number of allylic oxidation sites excluding steroid dienone is 3. The maximum Gasteiger partial charge on any atom is 0.200 e. The van der Waals surface area contributed by atoms with Crippen LogP contribution in [0.25, 0.3) is 0 Å². The molecule has 3 nitrogen and oxygen atoms in total. The van der Waals surface area contributed by atoms with Crippen LogP contribution in [0.4, 0.5) is 0 Å². The van der Waals surface area contributed by atoms with Gasteiger partial charge in [0.15, 0.2) is 12.4 Å². The van der Waals surface area contributed by atoms with Crippen molar-refractivity contribution in [1.82, 2.24) is 0 Å². The minimum atomic E-state index is -0.104. The average Bonchev–Trinajstić information content (AvgIpc) is 2.47. The number of rotatable bonds is 5. The summed E-state index contributed by atoms with van der Waals surface area (Å²) in [5, 5.41) is 8.69. The standard InChI is InChI=1S/C16H17NO2/c1-4-12(3)16(5-2)19-11-15(18)14-8-6-13(10-17)7-9-14/h4-9H,11H2,1-3H3/b12-4-,16-5+. The van der Waals surface area contributed by atoms with E-state index in [-0.39, 0.29) is 12.4 Å². The third-order valence-corrected chi connectivity index (χ3v) is 2.78. The Hall–Kier alpha value is -2.34. The fourth-order valence-electron chi connectivity index (χ4n) is 1.52. The first-order valence-electron chi connectivity index (χ1n) is 6.08. The van der Waals surface area contributed by atoms with Gasteiger partial charge in [0.2, 0.25) is 0 Å². The van der Waals surface area contributed by atoms with Crippen molar-refractivity contribution in [3.63, 3.8) is 0 Å². The molecular formula is C16H17NO2. The average molecular weight is 255 g/mol. The van der Waals surface area contributed by atoms with E-state index in [1.165, 1.54) is 0 Å². The summed E-state index contributed by atoms with van der Waals surface area (Å²) in [6.07, 6.45) is 3.77. The summed E-state index contributed by atoms with van der Waals surface area (Å²) in [7, 11) is 0. The van der Waals surface area contributed by atoms with Crippen LogP contribution in [0.1, 0.15) is 36.7 Å². The first-order valence-corrected chi connectivity index (χ1v) is 6.08. The van der Waals surface area contributed by atoms with Crippen LogP contribution in [0.2, 0.25) is 0 Å². The number of ether oxygens (including phenoxy) is 1. The topological polar surface area (TPSA) is 50.1 Å². The molecule has 98 valence electrons. The lowest BCUT2D eigenvalue weighted by Gasteiger charge is -2.09. The van der Waals surface area contributed by atoms with E-state index in [0.717, 1.165) is 5.57 Å². The maximum atomic E-state index is 11.9. The number of ketones is 1. The van der Waals surface area contributed by atoms with Gasteiger partial charge in [-0.25, -0.2) is 0 Å². The Kier molecular flexibility index (Phi) is 5.56. The molecule has 0 aromatic heterocycles. The highest BCUT2D eigenvalue weighted by molar-refractivity contribution is 5.97. The van der Waals surface area contributed by atoms with Crippen LogP contribution >= 0.6 is 0 Å². The molecule has 19 heavy (non-hydrogen) atoms. The Balaban J connectivity index is 2.68. The summed E-state index contributed by atoms with van der Waals surface area (Å²) in [5.41, 5.74) is 2.08. The number of hydrogen-bond donors (Lipinski definition) is 0. The van der Waals surface area contributed by atoms with Crippen LogP contribution in [0, 0.1) is 11.3 Å². The highest BCUT2D eigenvalue weighted by Gasteiger charge is 2.08. The van der Waals surface area contributed by atoms with E-state index in [1.807, 2.05) is 39.0 Å². The second kappa shape index (κ2) is 7.17. The van der Waals surface area contributed by atoms with Gasteiger partial charge in [-0.15, -0.1) is 0 Å². The number of benzene rings is 1. The molecular weight excluding hydrogens is 238 g/mol. The zero-order valence-electron chi connectivity index (χ0n) is 11.4. The molecule has 0 N–H and O–H groups in total. The molecule has 0 fully saturated rings. The van der Waals surface area contributed by atoms with Gasteiger partial charge in [-0.05, 0) is 56.7 Å². The van der Waals surface area contributed by atoms with Crippen LogP contribution in [0.5, 0.6) is 0 Å². The van der Waals surface area contributed by atoms with Crippen LogP contribution in [0.3, 0.4) is 0 Å². The Morgan fingerprint density at radius 2 is 1.89 bits per heavy atom. The SMILES string of the molecule is C/C=C(C)\C(=C/C)OCC(=O)c1ccc(C#N)cc1. The summed E-state index contributed by atoms with van der Waals surface area (Å²) < 4.78 is 5.49. The van der Waals surface area contributed by atoms with Gasteiger partial charge in [-0.1, -0.05) is 6.08 Å². The quantitative estimate of drug-likeness (QED) is 0.458. The van der Waals surface area contributed by atoms with Crippen LogP contribution in [-0.4, -0.2) is 12.4 Å². The molecule has 1 rings (SSSR count). The summed E-state index contributed by atoms with van der Waals surface area (Å²) in [5.74, 6) is 0.609. The molecule has 0 aliphatic rings. The van der Waals surface area contributed by atoms with Crippen molar-refractivity contribution >= 4 is 5.78 Å². The van der Waals surface area contributed by atoms with Crippen molar-refractivity contribution in [2.45, 2.75) is 20.8 Å².